The van der Waals surface area contributed by atoms with E-state index in [1.54, 1.807) is 6.20 Å². The Hall–Kier alpha value is -3.59. The Morgan fingerprint density at radius 1 is 1.00 bits per heavy atom. The number of nitrogens with zero attached hydrogens (tertiary/aromatic N) is 4. The summed E-state index contributed by atoms with van der Waals surface area (Å²) in [5.41, 5.74) is 15.3. The van der Waals surface area contributed by atoms with Crippen LogP contribution in [-0.4, -0.2) is 40.0 Å². The van der Waals surface area contributed by atoms with Gasteiger partial charge in [-0.05, 0) is 51.8 Å². The van der Waals surface area contributed by atoms with E-state index in [1.807, 2.05) is 24.3 Å². The van der Waals surface area contributed by atoms with Crippen LogP contribution in [-0.2, 0) is 17.4 Å². The first-order valence-corrected chi connectivity index (χ1v) is 12.0. The molecule has 200 valence electrons. The van der Waals surface area contributed by atoms with E-state index < -0.39 is 0 Å². The Balaban J connectivity index is 0.00000481. The maximum atomic E-state index is 12.2. The number of rotatable bonds is 8. The summed E-state index contributed by atoms with van der Waals surface area (Å²) in [6.07, 6.45) is 1.57. The Labute approximate surface area is 225 Å². The SMILES string of the molecule is CC(C)(C)c1cc(COc2ccc(-n3cc(C(=O)NCCN=C(N)N)nn3)cc2)cc(C(C)(C)C)c1.Cl. The number of carbonyl (C=O) groups is 1. The number of guanidine groups is 1. The lowest BCUT2D eigenvalue weighted by Gasteiger charge is -2.26. The van der Waals surface area contributed by atoms with Crippen LogP contribution in [0.2, 0.25) is 0 Å². The number of benzene rings is 2. The van der Waals surface area contributed by atoms with Crippen LogP contribution >= 0.6 is 12.4 Å². The fourth-order valence-electron chi connectivity index (χ4n) is 3.44. The van der Waals surface area contributed by atoms with Crippen molar-refractivity contribution in [2.75, 3.05) is 13.1 Å². The molecule has 1 aromatic heterocycles. The van der Waals surface area contributed by atoms with Crippen molar-refractivity contribution in [3.8, 4) is 11.4 Å². The molecule has 0 fully saturated rings. The van der Waals surface area contributed by atoms with Gasteiger partial charge in [-0.3, -0.25) is 9.79 Å². The highest BCUT2D eigenvalue weighted by Gasteiger charge is 2.20. The molecule has 9 nitrogen and oxygen atoms in total. The molecule has 0 atom stereocenters. The standard InChI is InChI=1S/C27H37N7O2.ClH/c1-26(2,3)19-13-18(14-20(15-19)27(4,5)6)17-36-22-9-7-21(8-10-22)34-16-23(32-33-34)24(35)30-11-12-31-25(28)29;/h7-10,13-16H,11-12,17H2,1-6H3,(H,30,35)(H4,28,29,31);1H. The molecule has 3 rings (SSSR count). The molecular formula is C27H38ClN7O2. The highest BCUT2D eigenvalue weighted by atomic mass is 35.5. The molecule has 1 heterocycles. The van der Waals surface area contributed by atoms with Gasteiger partial charge < -0.3 is 21.5 Å². The van der Waals surface area contributed by atoms with Crippen molar-refractivity contribution in [2.24, 2.45) is 16.5 Å². The minimum absolute atomic E-state index is 0. The Morgan fingerprint density at radius 2 is 1.59 bits per heavy atom. The number of amides is 1. The fourth-order valence-corrected chi connectivity index (χ4v) is 3.44. The van der Waals surface area contributed by atoms with Gasteiger partial charge in [-0.15, -0.1) is 17.5 Å². The second-order valence-electron chi connectivity index (χ2n) is 10.8. The first kappa shape index (κ1) is 29.6. The van der Waals surface area contributed by atoms with E-state index in [9.17, 15) is 4.79 Å². The number of aliphatic imine (C=N–C) groups is 1. The zero-order valence-corrected chi connectivity index (χ0v) is 23.2. The number of hydrogen-bond donors (Lipinski definition) is 3. The summed E-state index contributed by atoms with van der Waals surface area (Å²) in [4.78, 5) is 16.0. The molecule has 3 aromatic rings. The molecule has 0 aliphatic rings. The maximum Gasteiger partial charge on any atom is 0.273 e. The molecule has 2 aromatic carbocycles. The van der Waals surface area contributed by atoms with Crippen LogP contribution in [0.15, 0.2) is 53.7 Å². The third-order valence-electron chi connectivity index (χ3n) is 5.65. The molecule has 0 bridgehead atoms. The van der Waals surface area contributed by atoms with E-state index in [0.717, 1.165) is 17.0 Å². The number of aromatic nitrogens is 3. The number of hydrogen-bond acceptors (Lipinski definition) is 5. The van der Waals surface area contributed by atoms with Gasteiger partial charge in [0.15, 0.2) is 11.7 Å². The van der Waals surface area contributed by atoms with Gasteiger partial charge in [-0.1, -0.05) is 65.0 Å². The lowest BCUT2D eigenvalue weighted by Crippen LogP contribution is -2.28. The molecule has 37 heavy (non-hydrogen) atoms. The molecule has 0 aliphatic carbocycles. The minimum atomic E-state index is -0.348. The number of halogens is 1. The van der Waals surface area contributed by atoms with Gasteiger partial charge in [0.25, 0.3) is 5.91 Å². The van der Waals surface area contributed by atoms with Gasteiger partial charge in [0, 0.05) is 6.54 Å². The second kappa shape index (κ2) is 12.1. The number of nitrogens with two attached hydrogens (primary N) is 2. The monoisotopic (exact) mass is 527 g/mol. The van der Waals surface area contributed by atoms with Gasteiger partial charge in [-0.2, -0.15) is 0 Å². The Bertz CT molecular complexity index is 1190. The summed E-state index contributed by atoms with van der Waals surface area (Å²) in [6.45, 7) is 14.4. The van der Waals surface area contributed by atoms with E-state index in [0.29, 0.717) is 19.7 Å². The van der Waals surface area contributed by atoms with Crippen molar-refractivity contribution >= 4 is 24.3 Å². The number of carbonyl (C=O) groups excluding carboxylic acids is 1. The highest BCUT2D eigenvalue weighted by Crippen LogP contribution is 2.30. The van der Waals surface area contributed by atoms with Crippen LogP contribution in [0.25, 0.3) is 5.69 Å². The van der Waals surface area contributed by atoms with Crippen molar-refractivity contribution in [1.82, 2.24) is 20.3 Å². The van der Waals surface area contributed by atoms with Crippen LogP contribution in [0.5, 0.6) is 5.75 Å². The second-order valence-corrected chi connectivity index (χ2v) is 10.8. The topological polar surface area (TPSA) is 133 Å². The molecule has 0 radical (unpaired) electrons. The normalized spacial score (nSPS) is 11.4. The lowest BCUT2D eigenvalue weighted by molar-refractivity contribution is 0.0949. The third kappa shape index (κ3) is 8.49. The van der Waals surface area contributed by atoms with E-state index in [1.165, 1.54) is 15.8 Å². The first-order valence-electron chi connectivity index (χ1n) is 12.0. The van der Waals surface area contributed by atoms with E-state index in [4.69, 9.17) is 16.2 Å². The van der Waals surface area contributed by atoms with Gasteiger partial charge in [0.2, 0.25) is 0 Å². The molecule has 0 saturated carbocycles. The Morgan fingerprint density at radius 3 is 2.14 bits per heavy atom. The quantitative estimate of drug-likeness (QED) is 0.231. The van der Waals surface area contributed by atoms with Crippen molar-refractivity contribution in [3.05, 3.63) is 71.0 Å². The predicted octanol–water partition coefficient (Wildman–Crippen LogP) is 3.87. The molecule has 5 N–H and O–H groups in total. The van der Waals surface area contributed by atoms with Gasteiger partial charge in [0.05, 0.1) is 18.4 Å². The molecule has 10 heteroatoms. The van der Waals surface area contributed by atoms with Crippen molar-refractivity contribution < 1.29 is 9.53 Å². The zero-order chi connectivity index (χ0) is 26.5. The average molecular weight is 528 g/mol. The van der Waals surface area contributed by atoms with Crippen LogP contribution in [0, 0.1) is 0 Å². The van der Waals surface area contributed by atoms with Gasteiger partial charge >= 0.3 is 0 Å². The van der Waals surface area contributed by atoms with Gasteiger partial charge in [0.1, 0.15) is 12.4 Å². The summed E-state index contributed by atoms with van der Waals surface area (Å²) in [6, 6.07) is 14.3. The van der Waals surface area contributed by atoms with E-state index in [-0.39, 0.29) is 40.8 Å². The van der Waals surface area contributed by atoms with Crippen LogP contribution in [0.4, 0.5) is 0 Å². The Kier molecular flexibility index (Phi) is 9.69. The molecule has 0 saturated heterocycles. The summed E-state index contributed by atoms with van der Waals surface area (Å²) >= 11 is 0. The minimum Gasteiger partial charge on any atom is -0.489 e. The average Bonchev–Trinajstić information content (AvgIpc) is 3.30. The van der Waals surface area contributed by atoms with Gasteiger partial charge in [-0.25, -0.2) is 4.68 Å². The fraction of sp³-hybridized carbons (Fsp3) is 0.407. The molecule has 0 spiro atoms. The summed E-state index contributed by atoms with van der Waals surface area (Å²) in [7, 11) is 0. The largest absolute Gasteiger partial charge is 0.489 e. The lowest BCUT2D eigenvalue weighted by atomic mass is 9.79. The summed E-state index contributed by atoms with van der Waals surface area (Å²) < 4.78 is 7.63. The highest BCUT2D eigenvalue weighted by molar-refractivity contribution is 5.91. The molecule has 0 unspecified atom stereocenters. The van der Waals surface area contributed by atoms with E-state index >= 15 is 0 Å². The predicted molar refractivity (Wildman–Crippen MR) is 150 cm³/mol. The maximum absolute atomic E-state index is 12.2. The van der Waals surface area contributed by atoms with Crippen molar-refractivity contribution in [1.29, 1.82) is 0 Å². The zero-order valence-electron chi connectivity index (χ0n) is 22.4. The smallest absolute Gasteiger partial charge is 0.273 e. The number of ether oxygens (including phenoxy) is 1. The molecule has 1 amide bonds. The van der Waals surface area contributed by atoms with Crippen molar-refractivity contribution in [2.45, 2.75) is 59.0 Å². The molecular weight excluding hydrogens is 490 g/mol. The van der Waals surface area contributed by atoms with E-state index in [2.05, 4.69) is 80.4 Å². The summed E-state index contributed by atoms with van der Waals surface area (Å²) in [5, 5.41) is 10.7. The van der Waals surface area contributed by atoms with Crippen LogP contribution < -0.4 is 21.5 Å². The molecule has 0 aliphatic heterocycles. The summed E-state index contributed by atoms with van der Waals surface area (Å²) in [5.74, 6) is 0.379. The third-order valence-corrected chi connectivity index (χ3v) is 5.65. The first-order chi connectivity index (χ1) is 16.8. The van der Waals surface area contributed by atoms with Crippen molar-refractivity contribution in [3.63, 3.8) is 0 Å². The van der Waals surface area contributed by atoms with Crippen LogP contribution in [0.3, 0.4) is 0 Å². The number of nitrogens with one attached hydrogen (secondary N) is 1. The van der Waals surface area contributed by atoms with Crippen LogP contribution in [0.1, 0.15) is 68.7 Å².